The minimum atomic E-state index is -2.21. The lowest BCUT2D eigenvalue weighted by Gasteiger charge is -2.20. The van der Waals surface area contributed by atoms with E-state index >= 15 is 0 Å². The zero-order valence-electron chi connectivity index (χ0n) is 7.39. The molecular formula is C8H16F2N2. The zero-order valence-corrected chi connectivity index (χ0v) is 7.39. The van der Waals surface area contributed by atoms with E-state index in [9.17, 15) is 8.78 Å². The van der Waals surface area contributed by atoms with Gasteiger partial charge in [0.15, 0.2) is 0 Å². The van der Waals surface area contributed by atoms with Gasteiger partial charge in [-0.1, -0.05) is 0 Å². The molecule has 1 aliphatic heterocycles. The van der Waals surface area contributed by atoms with Crippen molar-refractivity contribution >= 4 is 0 Å². The lowest BCUT2D eigenvalue weighted by molar-refractivity contribution is 0.0969. The highest BCUT2D eigenvalue weighted by Gasteiger charge is 2.17. The van der Waals surface area contributed by atoms with Gasteiger partial charge in [0.1, 0.15) is 0 Å². The number of hydrogen-bond acceptors (Lipinski definition) is 2. The molecule has 0 spiro atoms. The predicted octanol–water partition coefficient (Wildman–Crippen LogP) is 0.935. The monoisotopic (exact) mass is 178 g/mol. The van der Waals surface area contributed by atoms with Crippen LogP contribution in [0.3, 0.4) is 0 Å². The Morgan fingerprint density at radius 1 is 1.58 bits per heavy atom. The van der Waals surface area contributed by atoms with Gasteiger partial charge >= 0.3 is 0 Å². The Balaban J connectivity index is 2.11. The summed E-state index contributed by atoms with van der Waals surface area (Å²) in [5, 5.41) is 3.27. The molecule has 1 heterocycles. The maximum Gasteiger partial charge on any atom is 0.251 e. The molecule has 0 aromatic rings. The molecule has 0 saturated carbocycles. The number of alkyl halides is 2. The summed E-state index contributed by atoms with van der Waals surface area (Å²) in [6.45, 7) is 1.66. The topological polar surface area (TPSA) is 15.3 Å². The van der Waals surface area contributed by atoms with Crippen molar-refractivity contribution in [3.8, 4) is 0 Å². The molecule has 0 aromatic heterocycles. The molecule has 2 nitrogen and oxygen atoms in total. The van der Waals surface area contributed by atoms with E-state index in [4.69, 9.17) is 0 Å². The fourth-order valence-electron chi connectivity index (χ4n) is 1.60. The van der Waals surface area contributed by atoms with E-state index in [1.807, 2.05) is 0 Å². The normalized spacial score (nSPS) is 24.2. The Bertz CT molecular complexity index is 124. The molecule has 1 atom stereocenters. The minimum absolute atomic E-state index is 0.113. The number of nitrogens with zero attached hydrogens (tertiary/aromatic N) is 1. The van der Waals surface area contributed by atoms with E-state index in [0.29, 0.717) is 6.04 Å². The summed E-state index contributed by atoms with van der Waals surface area (Å²) in [7, 11) is 1.74. The van der Waals surface area contributed by atoms with E-state index in [-0.39, 0.29) is 6.54 Å². The Morgan fingerprint density at radius 3 is 2.83 bits per heavy atom. The first kappa shape index (κ1) is 9.86. The number of nitrogens with one attached hydrogen (secondary N) is 1. The summed E-state index contributed by atoms with van der Waals surface area (Å²) in [6.07, 6.45) is 0.0808. The van der Waals surface area contributed by atoms with Crippen molar-refractivity contribution in [3.05, 3.63) is 0 Å². The maximum absolute atomic E-state index is 11.9. The summed E-state index contributed by atoms with van der Waals surface area (Å²) >= 11 is 0. The number of likely N-dealkylation sites (N-methyl/N-ethyl adjacent to an activating group) is 1. The van der Waals surface area contributed by atoms with E-state index in [1.165, 1.54) is 6.42 Å². The van der Waals surface area contributed by atoms with Crippen LogP contribution < -0.4 is 5.32 Å². The van der Waals surface area contributed by atoms with Gasteiger partial charge in [-0.25, -0.2) is 8.78 Å². The van der Waals surface area contributed by atoms with Gasteiger partial charge in [0.25, 0.3) is 6.43 Å². The summed E-state index contributed by atoms with van der Waals surface area (Å²) in [5.74, 6) is 0. The molecule has 0 bridgehead atoms. The molecule has 72 valence electrons. The van der Waals surface area contributed by atoms with Crippen LogP contribution in [-0.2, 0) is 0 Å². The first-order chi connectivity index (χ1) is 5.68. The van der Waals surface area contributed by atoms with Crippen molar-refractivity contribution in [1.29, 1.82) is 0 Å². The third-order valence-corrected chi connectivity index (χ3v) is 2.14. The van der Waals surface area contributed by atoms with Crippen LogP contribution in [0, 0.1) is 0 Å². The molecule has 0 radical (unpaired) electrons. The summed E-state index contributed by atoms with van der Waals surface area (Å²) in [5.41, 5.74) is 0. The molecule has 12 heavy (non-hydrogen) atoms. The third-order valence-electron chi connectivity index (χ3n) is 2.14. The first-order valence-electron chi connectivity index (χ1n) is 4.38. The van der Waals surface area contributed by atoms with Gasteiger partial charge in [0.05, 0.1) is 6.54 Å². The zero-order chi connectivity index (χ0) is 8.97. The molecule has 0 unspecified atom stereocenters. The standard InChI is InChI=1S/C8H16F2N2/c1-12(6-8(9)10)5-7-3-2-4-11-7/h7-8,11H,2-6H2,1H3/t7-/m0/s1. The van der Waals surface area contributed by atoms with Gasteiger partial charge < -0.3 is 5.32 Å². The summed E-state index contributed by atoms with van der Waals surface area (Å²) < 4.78 is 23.8. The average molecular weight is 178 g/mol. The van der Waals surface area contributed by atoms with E-state index in [0.717, 1.165) is 19.5 Å². The van der Waals surface area contributed by atoms with E-state index in [2.05, 4.69) is 5.32 Å². The van der Waals surface area contributed by atoms with Crippen LogP contribution in [0.2, 0.25) is 0 Å². The Morgan fingerprint density at radius 2 is 2.33 bits per heavy atom. The fourth-order valence-corrected chi connectivity index (χ4v) is 1.60. The minimum Gasteiger partial charge on any atom is -0.313 e. The van der Waals surface area contributed by atoms with Crippen LogP contribution in [0.1, 0.15) is 12.8 Å². The number of rotatable bonds is 4. The third kappa shape index (κ3) is 3.45. The second kappa shape index (κ2) is 4.72. The predicted molar refractivity (Wildman–Crippen MR) is 44.5 cm³/mol. The van der Waals surface area contributed by atoms with Crippen molar-refractivity contribution < 1.29 is 8.78 Å². The SMILES string of the molecule is CN(CC(F)F)C[C@@H]1CCCN1. The molecule has 0 aromatic carbocycles. The van der Waals surface area contributed by atoms with Gasteiger partial charge in [-0.2, -0.15) is 0 Å². The lowest BCUT2D eigenvalue weighted by Crippen LogP contribution is -2.37. The molecule has 1 aliphatic rings. The molecule has 1 saturated heterocycles. The van der Waals surface area contributed by atoms with E-state index in [1.54, 1.807) is 11.9 Å². The second-order valence-electron chi connectivity index (χ2n) is 3.41. The number of halogens is 2. The Kier molecular flexibility index (Phi) is 3.88. The maximum atomic E-state index is 11.9. The molecular weight excluding hydrogens is 162 g/mol. The highest BCUT2D eigenvalue weighted by Crippen LogP contribution is 2.06. The molecule has 1 fully saturated rings. The molecule has 1 N–H and O–H groups in total. The largest absolute Gasteiger partial charge is 0.313 e. The van der Waals surface area contributed by atoms with Crippen LogP contribution in [0.5, 0.6) is 0 Å². The molecule has 1 rings (SSSR count). The van der Waals surface area contributed by atoms with Gasteiger partial charge in [0, 0.05) is 12.6 Å². The number of hydrogen-bond donors (Lipinski definition) is 1. The lowest BCUT2D eigenvalue weighted by atomic mass is 10.2. The van der Waals surface area contributed by atoms with Gasteiger partial charge in [-0.05, 0) is 26.4 Å². The van der Waals surface area contributed by atoms with Gasteiger partial charge in [0.2, 0.25) is 0 Å². The Labute approximate surface area is 71.9 Å². The second-order valence-corrected chi connectivity index (χ2v) is 3.41. The quantitative estimate of drug-likeness (QED) is 0.689. The van der Waals surface area contributed by atoms with Crippen molar-refractivity contribution in [3.63, 3.8) is 0 Å². The van der Waals surface area contributed by atoms with Crippen LogP contribution in [-0.4, -0.2) is 44.0 Å². The highest BCUT2D eigenvalue weighted by atomic mass is 19.3. The van der Waals surface area contributed by atoms with Crippen LogP contribution >= 0.6 is 0 Å². The van der Waals surface area contributed by atoms with Crippen molar-refractivity contribution in [2.24, 2.45) is 0 Å². The summed E-state index contributed by atoms with van der Waals surface area (Å²) in [6, 6.07) is 0.425. The average Bonchev–Trinajstić information content (AvgIpc) is 2.37. The molecule has 0 aliphatic carbocycles. The van der Waals surface area contributed by atoms with Crippen molar-refractivity contribution in [1.82, 2.24) is 10.2 Å². The van der Waals surface area contributed by atoms with Gasteiger partial charge in [-0.3, -0.25) is 4.90 Å². The van der Waals surface area contributed by atoms with Gasteiger partial charge in [-0.15, -0.1) is 0 Å². The van der Waals surface area contributed by atoms with Crippen LogP contribution in [0.15, 0.2) is 0 Å². The van der Waals surface area contributed by atoms with Crippen molar-refractivity contribution in [2.45, 2.75) is 25.3 Å². The van der Waals surface area contributed by atoms with Crippen LogP contribution in [0.25, 0.3) is 0 Å². The fraction of sp³-hybridized carbons (Fsp3) is 1.00. The molecule has 0 amide bonds. The van der Waals surface area contributed by atoms with Crippen molar-refractivity contribution in [2.75, 3.05) is 26.7 Å². The first-order valence-corrected chi connectivity index (χ1v) is 4.38. The molecule has 4 heteroatoms. The Hall–Kier alpha value is -0.220. The summed E-state index contributed by atoms with van der Waals surface area (Å²) in [4.78, 5) is 1.69. The van der Waals surface area contributed by atoms with E-state index < -0.39 is 6.43 Å². The highest BCUT2D eigenvalue weighted by molar-refractivity contribution is 4.76. The smallest absolute Gasteiger partial charge is 0.251 e. The van der Waals surface area contributed by atoms with Crippen LogP contribution in [0.4, 0.5) is 8.78 Å².